The Morgan fingerprint density at radius 1 is 1.33 bits per heavy atom. The lowest BCUT2D eigenvalue weighted by Gasteiger charge is -2.38. The fraction of sp³-hybridized carbons (Fsp3) is 0.500. The lowest BCUT2D eigenvalue weighted by Crippen LogP contribution is -2.55. The van der Waals surface area contributed by atoms with Gasteiger partial charge >= 0.3 is 5.97 Å². The third-order valence-electron chi connectivity index (χ3n) is 4.00. The van der Waals surface area contributed by atoms with Crippen LogP contribution in [0.2, 0.25) is 0 Å². The van der Waals surface area contributed by atoms with Crippen molar-refractivity contribution in [1.82, 2.24) is 0 Å². The van der Waals surface area contributed by atoms with E-state index in [-0.39, 0.29) is 0 Å². The van der Waals surface area contributed by atoms with Gasteiger partial charge in [0.25, 0.3) is 0 Å². The molecule has 2 rings (SSSR count). The van der Waals surface area contributed by atoms with Crippen molar-refractivity contribution in [2.45, 2.75) is 32.2 Å². The Morgan fingerprint density at radius 3 is 2.50 bits per heavy atom. The van der Waals surface area contributed by atoms with Gasteiger partial charge < -0.3 is 15.7 Å². The smallest absolute Gasteiger partial charge is 0.323 e. The van der Waals surface area contributed by atoms with E-state index in [1.807, 2.05) is 6.07 Å². The van der Waals surface area contributed by atoms with Gasteiger partial charge in [-0.2, -0.15) is 0 Å². The summed E-state index contributed by atoms with van der Waals surface area (Å²) in [4.78, 5) is 13.3. The molecule has 3 N–H and O–H groups in total. The van der Waals surface area contributed by atoms with E-state index in [9.17, 15) is 4.79 Å². The van der Waals surface area contributed by atoms with Crippen LogP contribution in [0.25, 0.3) is 0 Å². The number of hydrogen-bond acceptors (Lipinski definition) is 3. The van der Waals surface area contributed by atoms with Gasteiger partial charge in [-0.25, -0.2) is 0 Å². The zero-order valence-corrected chi connectivity index (χ0v) is 10.9. The van der Waals surface area contributed by atoms with Crippen LogP contribution in [0.15, 0.2) is 18.2 Å². The van der Waals surface area contributed by atoms with Crippen molar-refractivity contribution < 1.29 is 9.90 Å². The van der Waals surface area contributed by atoms with E-state index in [4.69, 9.17) is 10.8 Å². The first-order valence-corrected chi connectivity index (χ1v) is 6.27. The molecule has 0 bridgehead atoms. The molecule has 0 aromatic heterocycles. The third-order valence-corrected chi connectivity index (χ3v) is 4.00. The Kier molecular flexibility index (Phi) is 3.30. The number of piperidine rings is 1. The number of aryl methyl sites for hydroxylation is 1. The maximum atomic E-state index is 11.1. The van der Waals surface area contributed by atoms with Crippen molar-refractivity contribution in [2.24, 2.45) is 5.73 Å². The van der Waals surface area contributed by atoms with Crippen molar-refractivity contribution in [3.05, 3.63) is 29.3 Å². The summed E-state index contributed by atoms with van der Waals surface area (Å²) in [5, 5.41) is 9.11. The van der Waals surface area contributed by atoms with E-state index in [1.165, 1.54) is 16.8 Å². The van der Waals surface area contributed by atoms with E-state index in [1.54, 1.807) is 0 Å². The Morgan fingerprint density at radius 2 is 1.94 bits per heavy atom. The number of carboxylic acid groups (broad SMARTS) is 1. The SMILES string of the molecule is Cc1cccc(N2CCC(N)(C(=O)O)CC2)c1C. The van der Waals surface area contributed by atoms with Crippen LogP contribution < -0.4 is 10.6 Å². The van der Waals surface area contributed by atoms with E-state index in [0.29, 0.717) is 25.9 Å². The quantitative estimate of drug-likeness (QED) is 0.835. The Hall–Kier alpha value is -1.55. The number of nitrogens with two attached hydrogens (primary N) is 1. The second kappa shape index (κ2) is 4.61. The van der Waals surface area contributed by atoms with E-state index in [2.05, 4.69) is 30.9 Å². The first-order valence-electron chi connectivity index (χ1n) is 6.27. The molecule has 0 unspecified atom stereocenters. The highest BCUT2D eigenvalue weighted by atomic mass is 16.4. The number of hydrogen-bond donors (Lipinski definition) is 2. The van der Waals surface area contributed by atoms with Gasteiger partial charge in [0.2, 0.25) is 0 Å². The molecule has 0 amide bonds. The Bertz CT molecular complexity index is 463. The molecule has 0 saturated carbocycles. The highest BCUT2D eigenvalue weighted by Gasteiger charge is 2.37. The van der Waals surface area contributed by atoms with Gasteiger partial charge in [-0.3, -0.25) is 4.79 Å². The maximum Gasteiger partial charge on any atom is 0.323 e. The number of nitrogens with zero attached hydrogens (tertiary/aromatic N) is 1. The minimum Gasteiger partial charge on any atom is -0.480 e. The van der Waals surface area contributed by atoms with Gasteiger partial charge in [-0.1, -0.05) is 12.1 Å². The predicted octanol–water partition coefficient (Wildman–Crippen LogP) is 1.69. The molecule has 0 radical (unpaired) electrons. The second-order valence-electron chi connectivity index (χ2n) is 5.17. The highest BCUT2D eigenvalue weighted by Crippen LogP contribution is 2.28. The normalized spacial score (nSPS) is 18.7. The van der Waals surface area contributed by atoms with Crippen molar-refractivity contribution >= 4 is 11.7 Å². The topological polar surface area (TPSA) is 66.6 Å². The van der Waals surface area contributed by atoms with Gasteiger partial charge in [-0.15, -0.1) is 0 Å². The van der Waals surface area contributed by atoms with Crippen LogP contribution in [0.5, 0.6) is 0 Å². The number of carboxylic acids is 1. The van der Waals surface area contributed by atoms with Crippen molar-refractivity contribution in [3.8, 4) is 0 Å². The zero-order valence-electron chi connectivity index (χ0n) is 10.9. The zero-order chi connectivity index (χ0) is 13.3. The summed E-state index contributed by atoms with van der Waals surface area (Å²) in [6.07, 6.45) is 0.991. The number of benzene rings is 1. The summed E-state index contributed by atoms with van der Waals surface area (Å²) >= 11 is 0. The molecule has 18 heavy (non-hydrogen) atoms. The Balaban J connectivity index is 2.15. The van der Waals surface area contributed by atoms with Crippen molar-refractivity contribution in [1.29, 1.82) is 0 Å². The standard InChI is InChI=1S/C14H20N2O2/c1-10-4-3-5-12(11(10)2)16-8-6-14(15,7-9-16)13(17)18/h3-5H,6-9,15H2,1-2H3,(H,17,18). The molecule has 1 fully saturated rings. The number of aliphatic carboxylic acids is 1. The predicted molar refractivity (Wildman–Crippen MR) is 71.9 cm³/mol. The molecule has 0 spiro atoms. The van der Waals surface area contributed by atoms with Crippen LogP contribution >= 0.6 is 0 Å². The molecule has 1 aliphatic heterocycles. The minimum atomic E-state index is -1.05. The largest absolute Gasteiger partial charge is 0.480 e. The Labute approximate surface area is 107 Å². The average molecular weight is 248 g/mol. The third kappa shape index (κ3) is 2.20. The highest BCUT2D eigenvalue weighted by molar-refractivity contribution is 5.79. The molecule has 1 aromatic carbocycles. The van der Waals surface area contributed by atoms with Crippen LogP contribution in [0.1, 0.15) is 24.0 Å². The first-order chi connectivity index (χ1) is 8.44. The van der Waals surface area contributed by atoms with Crippen LogP contribution in [0.4, 0.5) is 5.69 Å². The molecule has 4 nitrogen and oxygen atoms in total. The summed E-state index contributed by atoms with van der Waals surface area (Å²) in [5.41, 5.74) is 8.55. The summed E-state index contributed by atoms with van der Waals surface area (Å²) in [5.74, 6) is -0.886. The summed E-state index contributed by atoms with van der Waals surface area (Å²) in [6, 6.07) is 6.22. The average Bonchev–Trinajstić information content (AvgIpc) is 2.34. The van der Waals surface area contributed by atoms with E-state index >= 15 is 0 Å². The fourth-order valence-corrected chi connectivity index (χ4v) is 2.44. The van der Waals surface area contributed by atoms with Gasteiger partial charge in [0, 0.05) is 18.8 Å². The number of carbonyl (C=O) groups is 1. The maximum absolute atomic E-state index is 11.1. The summed E-state index contributed by atoms with van der Waals surface area (Å²) in [6.45, 7) is 5.60. The first kappa shape index (κ1) is 12.9. The molecular formula is C14H20N2O2. The molecule has 4 heteroatoms. The van der Waals surface area contributed by atoms with Gasteiger partial charge in [0.05, 0.1) is 0 Å². The van der Waals surface area contributed by atoms with Gasteiger partial charge in [0.15, 0.2) is 0 Å². The van der Waals surface area contributed by atoms with E-state index < -0.39 is 11.5 Å². The summed E-state index contributed by atoms with van der Waals surface area (Å²) < 4.78 is 0. The molecular weight excluding hydrogens is 228 g/mol. The second-order valence-corrected chi connectivity index (χ2v) is 5.17. The molecule has 0 atom stereocenters. The molecule has 1 aliphatic rings. The lowest BCUT2D eigenvalue weighted by atomic mass is 9.88. The molecule has 1 saturated heterocycles. The lowest BCUT2D eigenvalue weighted by molar-refractivity contribution is -0.144. The molecule has 0 aliphatic carbocycles. The van der Waals surface area contributed by atoms with Crippen LogP contribution in [-0.2, 0) is 4.79 Å². The number of anilines is 1. The molecule has 1 aromatic rings. The van der Waals surface area contributed by atoms with Crippen molar-refractivity contribution in [3.63, 3.8) is 0 Å². The monoisotopic (exact) mass is 248 g/mol. The van der Waals surface area contributed by atoms with Crippen LogP contribution in [0, 0.1) is 13.8 Å². The number of rotatable bonds is 2. The summed E-state index contributed by atoms with van der Waals surface area (Å²) in [7, 11) is 0. The fourth-order valence-electron chi connectivity index (χ4n) is 2.44. The molecule has 1 heterocycles. The van der Waals surface area contributed by atoms with Crippen LogP contribution in [-0.4, -0.2) is 29.7 Å². The minimum absolute atomic E-state index is 0.496. The van der Waals surface area contributed by atoms with Crippen LogP contribution in [0.3, 0.4) is 0 Å². The van der Waals surface area contributed by atoms with E-state index in [0.717, 1.165) is 0 Å². The van der Waals surface area contributed by atoms with Gasteiger partial charge in [0.1, 0.15) is 5.54 Å². The molecule has 98 valence electrons. The van der Waals surface area contributed by atoms with Gasteiger partial charge in [-0.05, 0) is 43.9 Å². The van der Waals surface area contributed by atoms with Crippen molar-refractivity contribution in [2.75, 3.05) is 18.0 Å².